The minimum atomic E-state index is 0.401. The fraction of sp³-hybridized carbons (Fsp3) is 0.500. The van der Waals surface area contributed by atoms with Crippen molar-refractivity contribution in [1.29, 1.82) is 0 Å². The van der Waals surface area contributed by atoms with Gasteiger partial charge in [-0.3, -0.25) is 0 Å². The Kier molecular flexibility index (Phi) is 3.75. The van der Waals surface area contributed by atoms with Crippen LogP contribution in [0.3, 0.4) is 0 Å². The van der Waals surface area contributed by atoms with Crippen LogP contribution in [-0.2, 0) is 0 Å². The zero-order valence-corrected chi connectivity index (χ0v) is 11.5. The first kappa shape index (κ1) is 12.7. The molecule has 4 nitrogen and oxygen atoms in total. The van der Waals surface area contributed by atoms with Gasteiger partial charge in [-0.15, -0.1) is 5.10 Å². The van der Waals surface area contributed by atoms with E-state index in [-0.39, 0.29) is 0 Å². The molecule has 1 unspecified atom stereocenters. The highest BCUT2D eigenvalue weighted by Gasteiger charge is 2.16. The van der Waals surface area contributed by atoms with Gasteiger partial charge in [-0.1, -0.05) is 26.3 Å². The van der Waals surface area contributed by atoms with E-state index in [2.05, 4.69) is 28.9 Å². The largest absolute Gasteiger partial charge is 0.234 e. The molecule has 2 aromatic rings. The van der Waals surface area contributed by atoms with Gasteiger partial charge in [0.25, 0.3) is 0 Å². The van der Waals surface area contributed by atoms with Gasteiger partial charge in [0, 0.05) is 11.6 Å². The van der Waals surface area contributed by atoms with Crippen LogP contribution in [0.25, 0.3) is 5.82 Å². The molecule has 0 N–H and O–H groups in total. The summed E-state index contributed by atoms with van der Waals surface area (Å²) < 4.78 is 1.88. The fourth-order valence-electron chi connectivity index (χ4n) is 2.13. The molecule has 2 aromatic heterocycles. The SMILES string of the molecule is CCCC(C)c1nc(C)nn1-c1cccc(C)n1. The van der Waals surface area contributed by atoms with Crippen molar-refractivity contribution in [2.45, 2.75) is 46.5 Å². The van der Waals surface area contributed by atoms with Gasteiger partial charge in [0.15, 0.2) is 5.82 Å². The molecular weight excluding hydrogens is 224 g/mol. The monoisotopic (exact) mass is 244 g/mol. The molecule has 1 atom stereocenters. The van der Waals surface area contributed by atoms with Gasteiger partial charge < -0.3 is 0 Å². The summed E-state index contributed by atoms with van der Waals surface area (Å²) in [7, 11) is 0. The predicted molar refractivity (Wildman–Crippen MR) is 72.0 cm³/mol. The van der Waals surface area contributed by atoms with E-state index in [4.69, 9.17) is 0 Å². The minimum Gasteiger partial charge on any atom is -0.234 e. The summed E-state index contributed by atoms with van der Waals surface area (Å²) in [5.41, 5.74) is 0.995. The Hall–Kier alpha value is -1.71. The van der Waals surface area contributed by atoms with Gasteiger partial charge in [-0.05, 0) is 32.4 Å². The van der Waals surface area contributed by atoms with Crippen LogP contribution in [0.5, 0.6) is 0 Å². The van der Waals surface area contributed by atoms with E-state index in [1.54, 1.807) is 0 Å². The van der Waals surface area contributed by atoms with E-state index in [9.17, 15) is 0 Å². The van der Waals surface area contributed by atoms with Crippen molar-refractivity contribution in [1.82, 2.24) is 19.7 Å². The Morgan fingerprint density at radius 3 is 2.67 bits per heavy atom. The normalized spacial score (nSPS) is 12.7. The summed E-state index contributed by atoms with van der Waals surface area (Å²) in [6.07, 6.45) is 2.26. The molecule has 0 aliphatic carbocycles. The number of pyridine rings is 1. The highest BCUT2D eigenvalue weighted by molar-refractivity contribution is 5.25. The number of hydrogen-bond acceptors (Lipinski definition) is 3. The van der Waals surface area contributed by atoms with Crippen LogP contribution in [-0.4, -0.2) is 19.7 Å². The van der Waals surface area contributed by atoms with Crippen molar-refractivity contribution >= 4 is 0 Å². The Balaban J connectivity index is 2.44. The molecule has 0 aromatic carbocycles. The van der Waals surface area contributed by atoms with Gasteiger partial charge in [-0.25, -0.2) is 9.97 Å². The molecule has 0 radical (unpaired) electrons. The average molecular weight is 244 g/mol. The molecule has 96 valence electrons. The zero-order chi connectivity index (χ0) is 13.1. The van der Waals surface area contributed by atoms with Gasteiger partial charge in [0.2, 0.25) is 0 Å². The lowest BCUT2D eigenvalue weighted by Crippen LogP contribution is -2.08. The van der Waals surface area contributed by atoms with Crippen LogP contribution in [0.4, 0.5) is 0 Å². The topological polar surface area (TPSA) is 43.6 Å². The third-order valence-electron chi connectivity index (χ3n) is 2.99. The maximum atomic E-state index is 4.55. The smallest absolute Gasteiger partial charge is 0.155 e. The number of nitrogens with zero attached hydrogens (tertiary/aromatic N) is 4. The summed E-state index contributed by atoms with van der Waals surface area (Å²) in [5, 5.41) is 4.47. The van der Waals surface area contributed by atoms with E-state index < -0.39 is 0 Å². The average Bonchev–Trinajstić information content (AvgIpc) is 2.72. The van der Waals surface area contributed by atoms with Crippen LogP contribution in [0.15, 0.2) is 18.2 Å². The summed E-state index contributed by atoms with van der Waals surface area (Å²) in [5.74, 6) is 3.07. The standard InChI is InChI=1S/C14H20N4/c1-5-7-10(2)14-16-12(4)17-18(14)13-9-6-8-11(3)15-13/h6,8-10H,5,7H2,1-4H3. The predicted octanol–water partition coefficient (Wildman–Crippen LogP) is 3.18. The van der Waals surface area contributed by atoms with E-state index in [1.165, 1.54) is 0 Å². The third-order valence-corrected chi connectivity index (χ3v) is 2.99. The highest BCUT2D eigenvalue weighted by atomic mass is 15.4. The second-order valence-corrected chi connectivity index (χ2v) is 4.76. The number of rotatable bonds is 4. The zero-order valence-electron chi connectivity index (χ0n) is 11.5. The lowest BCUT2D eigenvalue weighted by Gasteiger charge is -2.11. The second-order valence-electron chi connectivity index (χ2n) is 4.76. The van der Waals surface area contributed by atoms with E-state index in [1.807, 2.05) is 36.7 Å². The van der Waals surface area contributed by atoms with Crippen molar-refractivity contribution in [3.8, 4) is 5.82 Å². The number of aromatic nitrogens is 4. The summed E-state index contributed by atoms with van der Waals surface area (Å²) in [6.45, 7) is 8.30. The molecule has 0 spiro atoms. The van der Waals surface area contributed by atoms with Crippen LogP contribution in [0.1, 0.15) is 49.9 Å². The Bertz CT molecular complexity index is 530. The number of hydrogen-bond donors (Lipinski definition) is 0. The van der Waals surface area contributed by atoms with Crippen molar-refractivity contribution in [2.24, 2.45) is 0 Å². The van der Waals surface area contributed by atoms with Crippen LogP contribution >= 0.6 is 0 Å². The molecule has 2 heterocycles. The first-order valence-electron chi connectivity index (χ1n) is 6.49. The van der Waals surface area contributed by atoms with Gasteiger partial charge in [0.1, 0.15) is 11.6 Å². The minimum absolute atomic E-state index is 0.401. The third kappa shape index (κ3) is 2.58. The molecular formula is C14H20N4. The maximum absolute atomic E-state index is 4.55. The second kappa shape index (κ2) is 5.29. The van der Waals surface area contributed by atoms with Crippen molar-refractivity contribution in [3.63, 3.8) is 0 Å². The van der Waals surface area contributed by atoms with Gasteiger partial charge >= 0.3 is 0 Å². The number of aryl methyl sites for hydroxylation is 2. The quantitative estimate of drug-likeness (QED) is 0.829. The van der Waals surface area contributed by atoms with Crippen molar-refractivity contribution < 1.29 is 0 Å². The Morgan fingerprint density at radius 2 is 2.00 bits per heavy atom. The molecule has 0 amide bonds. The molecule has 4 heteroatoms. The first-order chi connectivity index (χ1) is 8.61. The summed E-state index contributed by atoms with van der Waals surface area (Å²) >= 11 is 0. The Labute approximate surface area is 108 Å². The lowest BCUT2D eigenvalue weighted by molar-refractivity contribution is 0.601. The van der Waals surface area contributed by atoms with E-state index >= 15 is 0 Å². The molecule has 0 aliphatic heterocycles. The van der Waals surface area contributed by atoms with Crippen molar-refractivity contribution in [3.05, 3.63) is 35.5 Å². The molecule has 0 saturated carbocycles. The van der Waals surface area contributed by atoms with Crippen LogP contribution in [0, 0.1) is 13.8 Å². The highest BCUT2D eigenvalue weighted by Crippen LogP contribution is 2.21. The van der Waals surface area contributed by atoms with E-state index in [0.29, 0.717) is 5.92 Å². The molecule has 0 saturated heterocycles. The van der Waals surface area contributed by atoms with Gasteiger partial charge in [-0.2, -0.15) is 4.68 Å². The van der Waals surface area contributed by atoms with E-state index in [0.717, 1.165) is 36.0 Å². The first-order valence-corrected chi connectivity index (χ1v) is 6.49. The maximum Gasteiger partial charge on any atom is 0.155 e. The summed E-state index contributed by atoms with van der Waals surface area (Å²) in [4.78, 5) is 9.07. The lowest BCUT2D eigenvalue weighted by atomic mass is 10.1. The summed E-state index contributed by atoms with van der Waals surface area (Å²) in [6, 6.07) is 5.97. The van der Waals surface area contributed by atoms with Gasteiger partial charge in [0.05, 0.1) is 0 Å². The molecule has 0 bridgehead atoms. The molecule has 2 rings (SSSR count). The fourth-order valence-corrected chi connectivity index (χ4v) is 2.13. The van der Waals surface area contributed by atoms with Crippen LogP contribution < -0.4 is 0 Å². The Morgan fingerprint density at radius 1 is 1.22 bits per heavy atom. The molecule has 0 aliphatic rings. The molecule has 0 fully saturated rings. The van der Waals surface area contributed by atoms with Crippen LogP contribution in [0.2, 0.25) is 0 Å². The molecule has 18 heavy (non-hydrogen) atoms. The van der Waals surface area contributed by atoms with Crippen molar-refractivity contribution in [2.75, 3.05) is 0 Å².